The van der Waals surface area contributed by atoms with E-state index in [1.165, 1.54) is 0 Å². The Morgan fingerprint density at radius 1 is 1.26 bits per heavy atom. The van der Waals surface area contributed by atoms with Crippen LogP contribution in [0.2, 0.25) is 0 Å². The Kier molecular flexibility index (Phi) is 5.26. The number of nitrogens with one attached hydrogen (secondary N) is 1. The van der Waals surface area contributed by atoms with Gasteiger partial charge in [-0.25, -0.2) is 4.99 Å². The predicted molar refractivity (Wildman–Crippen MR) is 97.0 cm³/mol. The van der Waals surface area contributed by atoms with Crippen LogP contribution in [0.5, 0.6) is 0 Å². The number of guanidine groups is 1. The maximum atomic E-state index is 6.65. The van der Waals surface area contributed by atoms with Crippen LogP contribution in [0, 0.1) is 5.41 Å². The fourth-order valence-corrected chi connectivity index (χ4v) is 2.78. The van der Waals surface area contributed by atoms with Crippen molar-refractivity contribution in [2.75, 3.05) is 47.3 Å². The highest BCUT2D eigenvalue weighted by molar-refractivity contribution is 5.82. The van der Waals surface area contributed by atoms with E-state index in [1.54, 1.807) is 0 Å². The summed E-state index contributed by atoms with van der Waals surface area (Å²) >= 11 is 0. The topological polar surface area (TPSA) is 60.1 Å². The van der Waals surface area contributed by atoms with Gasteiger partial charge in [-0.2, -0.15) is 0 Å². The van der Waals surface area contributed by atoms with Gasteiger partial charge in [-0.05, 0) is 31.4 Å². The monoisotopic (exact) mass is 322 g/mol. The average Bonchev–Trinajstić information content (AvgIpc) is 2.45. The summed E-state index contributed by atoms with van der Waals surface area (Å²) in [4.78, 5) is 11.5. The third-order valence-corrected chi connectivity index (χ3v) is 4.48. The maximum Gasteiger partial charge on any atom is 0.201 e. The van der Waals surface area contributed by atoms with Crippen LogP contribution in [0.25, 0.3) is 0 Å². The first-order valence-corrected chi connectivity index (χ1v) is 8.57. The lowest BCUT2D eigenvalue weighted by Gasteiger charge is -2.40. The normalized spacial score (nSPS) is 26.5. The number of nitrogens with zero attached hydrogens (tertiary/aromatic N) is 4. The Labute approximate surface area is 141 Å². The molecule has 23 heavy (non-hydrogen) atoms. The summed E-state index contributed by atoms with van der Waals surface area (Å²) in [5, 5.41) is 3.45. The van der Waals surface area contributed by atoms with Crippen LogP contribution in [0.4, 0.5) is 0 Å². The fourth-order valence-electron chi connectivity index (χ4n) is 2.78. The van der Waals surface area contributed by atoms with Gasteiger partial charge >= 0.3 is 0 Å². The molecule has 0 saturated carbocycles. The zero-order valence-electron chi connectivity index (χ0n) is 15.7. The van der Waals surface area contributed by atoms with Crippen LogP contribution < -0.4 is 11.1 Å². The minimum atomic E-state index is -0.628. The van der Waals surface area contributed by atoms with Crippen molar-refractivity contribution in [3.8, 4) is 0 Å². The van der Waals surface area contributed by atoms with Gasteiger partial charge < -0.3 is 25.8 Å². The van der Waals surface area contributed by atoms with Gasteiger partial charge in [-0.15, -0.1) is 0 Å². The Balaban J connectivity index is 2.18. The quantitative estimate of drug-likeness (QED) is 0.814. The van der Waals surface area contributed by atoms with Crippen molar-refractivity contribution in [1.29, 1.82) is 0 Å². The first-order chi connectivity index (χ1) is 10.6. The van der Waals surface area contributed by atoms with E-state index in [2.05, 4.69) is 49.0 Å². The zero-order valence-corrected chi connectivity index (χ0v) is 15.7. The summed E-state index contributed by atoms with van der Waals surface area (Å²) in [7, 11) is 6.18. The summed E-state index contributed by atoms with van der Waals surface area (Å²) in [5.41, 5.74) is 6.28. The summed E-state index contributed by atoms with van der Waals surface area (Å²) in [6.45, 7) is 10.9. The van der Waals surface area contributed by atoms with E-state index < -0.39 is 5.66 Å². The van der Waals surface area contributed by atoms with Gasteiger partial charge in [0.2, 0.25) is 5.96 Å². The van der Waals surface area contributed by atoms with Crippen molar-refractivity contribution in [3.63, 3.8) is 0 Å². The number of rotatable bonds is 3. The molecule has 0 aliphatic carbocycles. The molecule has 2 heterocycles. The molecule has 2 aliphatic heterocycles. The molecule has 1 atom stereocenters. The molecule has 0 bridgehead atoms. The minimum absolute atomic E-state index is 0.257. The Bertz CT molecular complexity index is 468. The number of aliphatic imine (C=N–C) groups is 1. The highest BCUT2D eigenvalue weighted by Gasteiger charge is 2.32. The Morgan fingerprint density at radius 2 is 1.87 bits per heavy atom. The van der Waals surface area contributed by atoms with Gasteiger partial charge in [0.1, 0.15) is 11.5 Å². The Hall–Kier alpha value is -1.27. The van der Waals surface area contributed by atoms with Crippen molar-refractivity contribution < 1.29 is 0 Å². The largest absolute Gasteiger partial charge is 0.356 e. The second-order valence-electron chi connectivity index (χ2n) is 8.33. The highest BCUT2D eigenvalue weighted by Crippen LogP contribution is 2.28. The molecule has 1 unspecified atom stereocenters. The third kappa shape index (κ3) is 5.11. The van der Waals surface area contributed by atoms with Gasteiger partial charge in [-0.1, -0.05) is 20.8 Å². The van der Waals surface area contributed by atoms with Crippen LogP contribution in [-0.4, -0.2) is 73.6 Å². The van der Waals surface area contributed by atoms with Crippen LogP contribution in [0.1, 0.15) is 33.6 Å². The standard InChI is InChI=1S/C17H34N6/c1-16(2,3)7-8-17(18)13-14(19-15(20-17)21(4)5)23-11-9-22(6)10-12-23/h13H,7-12,18H2,1-6H3,(H,19,20). The molecule has 0 aromatic carbocycles. The van der Waals surface area contributed by atoms with Gasteiger partial charge in [0.15, 0.2) is 0 Å². The molecule has 0 aromatic rings. The van der Waals surface area contributed by atoms with E-state index in [-0.39, 0.29) is 5.41 Å². The van der Waals surface area contributed by atoms with E-state index in [4.69, 9.17) is 10.7 Å². The van der Waals surface area contributed by atoms with E-state index in [1.807, 2.05) is 19.0 Å². The summed E-state index contributed by atoms with van der Waals surface area (Å²) in [6.07, 6.45) is 4.02. The molecular weight excluding hydrogens is 288 g/mol. The predicted octanol–water partition coefficient (Wildman–Crippen LogP) is 1.08. The number of nitrogens with two attached hydrogens (primary N) is 1. The van der Waals surface area contributed by atoms with Gasteiger partial charge in [-0.3, -0.25) is 0 Å². The van der Waals surface area contributed by atoms with Crippen molar-refractivity contribution in [3.05, 3.63) is 11.9 Å². The molecule has 6 nitrogen and oxygen atoms in total. The molecule has 0 radical (unpaired) electrons. The average molecular weight is 323 g/mol. The maximum absolute atomic E-state index is 6.65. The second-order valence-corrected chi connectivity index (χ2v) is 8.33. The van der Waals surface area contributed by atoms with E-state index in [9.17, 15) is 0 Å². The first kappa shape index (κ1) is 18.1. The summed E-state index contributed by atoms with van der Waals surface area (Å²) in [5.74, 6) is 1.95. The molecular formula is C17H34N6. The van der Waals surface area contributed by atoms with Crippen LogP contribution >= 0.6 is 0 Å². The van der Waals surface area contributed by atoms with Crippen molar-refractivity contribution in [2.45, 2.75) is 39.3 Å². The number of piperazine rings is 1. The number of likely N-dealkylation sites (N-methyl/N-ethyl adjacent to an activating group) is 1. The van der Waals surface area contributed by atoms with Crippen LogP contribution in [0.15, 0.2) is 16.9 Å². The molecule has 1 fully saturated rings. The van der Waals surface area contributed by atoms with Crippen molar-refractivity contribution in [1.82, 2.24) is 20.0 Å². The number of hydrogen-bond donors (Lipinski definition) is 2. The molecule has 132 valence electrons. The first-order valence-electron chi connectivity index (χ1n) is 8.57. The molecule has 0 aromatic heterocycles. The lowest BCUT2D eigenvalue weighted by molar-refractivity contribution is 0.177. The lowest BCUT2D eigenvalue weighted by Crippen LogP contribution is -2.54. The van der Waals surface area contributed by atoms with Gasteiger partial charge in [0.05, 0.1) is 0 Å². The van der Waals surface area contributed by atoms with Crippen LogP contribution in [-0.2, 0) is 0 Å². The Morgan fingerprint density at radius 3 is 2.39 bits per heavy atom. The molecule has 2 rings (SSSR count). The fraction of sp³-hybridized carbons (Fsp3) is 0.824. The van der Waals surface area contributed by atoms with Gasteiger partial charge in [0.25, 0.3) is 0 Å². The van der Waals surface area contributed by atoms with Crippen LogP contribution in [0.3, 0.4) is 0 Å². The molecule has 2 aliphatic rings. The molecule has 6 heteroatoms. The summed E-state index contributed by atoms with van der Waals surface area (Å²) in [6, 6.07) is 0. The highest BCUT2D eigenvalue weighted by atomic mass is 15.4. The second kappa shape index (κ2) is 6.69. The SMILES string of the molecule is CN1CCN(C2=CC(N)(CCC(C)(C)C)N=C(N(C)C)N2)CC1. The third-order valence-electron chi connectivity index (χ3n) is 4.48. The molecule has 1 saturated heterocycles. The van der Waals surface area contributed by atoms with E-state index in [0.29, 0.717) is 0 Å². The minimum Gasteiger partial charge on any atom is -0.356 e. The molecule has 0 spiro atoms. The van der Waals surface area contributed by atoms with Gasteiger partial charge in [0, 0.05) is 40.3 Å². The van der Waals surface area contributed by atoms with Crippen molar-refractivity contribution >= 4 is 5.96 Å². The molecule has 3 N–H and O–H groups in total. The summed E-state index contributed by atoms with van der Waals surface area (Å²) < 4.78 is 0. The zero-order chi connectivity index (χ0) is 17.3. The smallest absolute Gasteiger partial charge is 0.201 e. The van der Waals surface area contributed by atoms with E-state index in [0.717, 1.165) is 50.8 Å². The lowest BCUT2D eigenvalue weighted by atomic mass is 9.86. The number of hydrogen-bond acceptors (Lipinski definition) is 6. The van der Waals surface area contributed by atoms with E-state index >= 15 is 0 Å². The molecule has 0 amide bonds. The van der Waals surface area contributed by atoms with Crippen molar-refractivity contribution in [2.24, 2.45) is 16.1 Å².